The molecule has 2 rings (SSSR count). The van der Waals surface area contributed by atoms with Crippen LogP contribution in [0.25, 0.3) is 0 Å². The minimum Gasteiger partial charge on any atom is -0.349 e. The van der Waals surface area contributed by atoms with Gasteiger partial charge in [-0.3, -0.25) is 4.79 Å². The number of nitrogens with one attached hydrogen (secondary N) is 2. The third kappa shape index (κ3) is 5.03. The molecule has 1 heterocycles. The number of hydrogen-bond donors (Lipinski definition) is 2. The summed E-state index contributed by atoms with van der Waals surface area (Å²) in [5.41, 5.74) is 3.54. The number of benzene rings is 1. The van der Waals surface area contributed by atoms with Gasteiger partial charge >= 0.3 is 0 Å². The minimum atomic E-state index is -0.196. The fourth-order valence-corrected chi connectivity index (χ4v) is 2.02. The second-order valence-corrected chi connectivity index (χ2v) is 5.77. The fourth-order valence-electron chi connectivity index (χ4n) is 2.02. The highest BCUT2D eigenvalue weighted by atomic mass is 16.1. The van der Waals surface area contributed by atoms with Crippen molar-refractivity contribution < 1.29 is 4.79 Å². The van der Waals surface area contributed by atoms with Crippen molar-refractivity contribution in [2.24, 2.45) is 0 Å². The molecule has 1 aromatic heterocycles. The number of carbonyl (C=O) groups excluding carboxylic acids is 1. The lowest BCUT2D eigenvalue weighted by molar-refractivity contribution is 0.0946. The maximum atomic E-state index is 12.1. The lowest BCUT2D eigenvalue weighted by atomic mass is 10.1. The first-order chi connectivity index (χ1) is 11.0. The van der Waals surface area contributed by atoms with E-state index in [1.807, 2.05) is 45.0 Å². The number of amides is 1. The average Bonchev–Trinajstić information content (AvgIpc) is 2.51. The Morgan fingerprint density at radius 3 is 2.74 bits per heavy atom. The van der Waals surface area contributed by atoms with E-state index in [0.717, 1.165) is 23.4 Å². The first-order valence-electron chi connectivity index (χ1n) is 7.56. The van der Waals surface area contributed by atoms with Crippen molar-refractivity contribution in [2.75, 3.05) is 32.5 Å². The van der Waals surface area contributed by atoms with Gasteiger partial charge < -0.3 is 15.5 Å². The normalized spacial score (nSPS) is 10.7. The van der Waals surface area contributed by atoms with E-state index in [9.17, 15) is 4.79 Å². The van der Waals surface area contributed by atoms with Gasteiger partial charge in [-0.15, -0.1) is 0 Å². The predicted octanol–water partition coefficient (Wildman–Crippen LogP) is 2.13. The van der Waals surface area contributed by atoms with Crippen molar-refractivity contribution in [3.05, 3.63) is 47.3 Å². The maximum Gasteiger partial charge on any atom is 0.270 e. The summed E-state index contributed by atoms with van der Waals surface area (Å²) in [6.45, 7) is 5.40. The molecule has 0 atom stereocenters. The number of hydrogen-bond acceptors (Lipinski definition) is 5. The molecule has 6 nitrogen and oxygen atoms in total. The van der Waals surface area contributed by atoms with Gasteiger partial charge in [-0.1, -0.05) is 12.1 Å². The van der Waals surface area contributed by atoms with E-state index in [1.165, 1.54) is 0 Å². The molecule has 0 aliphatic carbocycles. The second kappa shape index (κ2) is 7.69. The molecule has 0 saturated heterocycles. The van der Waals surface area contributed by atoms with E-state index in [1.54, 1.807) is 12.3 Å². The van der Waals surface area contributed by atoms with Crippen LogP contribution in [-0.2, 0) is 0 Å². The highest BCUT2D eigenvalue weighted by Gasteiger charge is 2.09. The van der Waals surface area contributed by atoms with Gasteiger partial charge in [0.15, 0.2) is 0 Å². The number of rotatable bonds is 6. The number of nitrogens with zero attached hydrogens (tertiary/aromatic N) is 3. The minimum absolute atomic E-state index is 0.196. The molecule has 0 saturated carbocycles. The smallest absolute Gasteiger partial charge is 0.270 e. The van der Waals surface area contributed by atoms with E-state index in [0.29, 0.717) is 18.2 Å². The molecule has 122 valence electrons. The van der Waals surface area contributed by atoms with E-state index < -0.39 is 0 Å². The van der Waals surface area contributed by atoms with Crippen molar-refractivity contribution >= 4 is 17.5 Å². The van der Waals surface area contributed by atoms with Crippen molar-refractivity contribution in [3.8, 4) is 0 Å². The van der Waals surface area contributed by atoms with Crippen molar-refractivity contribution in [3.63, 3.8) is 0 Å². The Morgan fingerprint density at radius 2 is 2.00 bits per heavy atom. The van der Waals surface area contributed by atoms with Gasteiger partial charge in [0.2, 0.25) is 5.95 Å². The molecule has 2 aromatic rings. The van der Waals surface area contributed by atoms with Gasteiger partial charge in [-0.25, -0.2) is 9.97 Å². The molecule has 0 spiro atoms. The Kier molecular flexibility index (Phi) is 5.65. The van der Waals surface area contributed by atoms with Gasteiger partial charge in [0.1, 0.15) is 5.69 Å². The largest absolute Gasteiger partial charge is 0.349 e. The molecule has 0 unspecified atom stereocenters. The molecule has 0 fully saturated rings. The van der Waals surface area contributed by atoms with Crippen LogP contribution in [0.2, 0.25) is 0 Å². The summed E-state index contributed by atoms with van der Waals surface area (Å²) in [5.74, 6) is 0.220. The number of aryl methyl sites for hydroxylation is 2. The number of aromatic nitrogens is 2. The third-order valence-electron chi connectivity index (χ3n) is 3.37. The van der Waals surface area contributed by atoms with E-state index in [-0.39, 0.29) is 5.91 Å². The van der Waals surface area contributed by atoms with Crippen LogP contribution in [0.1, 0.15) is 21.6 Å². The second-order valence-electron chi connectivity index (χ2n) is 5.77. The number of likely N-dealkylation sites (N-methyl/N-ethyl adjacent to an activating group) is 1. The first kappa shape index (κ1) is 16.9. The lowest BCUT2D eigenvalue weighted by Gasteiger charge is -2.11. The zero-order valence-corrected chi connectivity index (χ0v) is 14.1. The zero-order chi connectivity index (χ0) is 16.8. The quantitative estimate of drug-likeness (QED) is 0.855. The SMILES string of the molecule is Cc1ccc(C)c(Nc2nccc(C(=O)NCCN(C)C)n2)c1. The molecule has 1 amide bonds. The molecular formula is C17H23N5O. The van der Waals surface area contributed by atoms with Crippen LogP contribution in [0.15, 0.2) is 30.5 Å². The lowest BCUT2D eigenvalue weighted by Crippen LogP contribution is -2.31. The van der Waals surface area contributed by atoms with Gasteiger partial charge in [0, 0.05) is 25.0 Å². The van der Waals surface area contributed by atoms with Crippen LogP contribution in [0.4, 0.5) is 11.6 Å². The van der Waals surface area contributed by atoms with Gasteiger partial charge in [0.05, 0.1) is 0 Å². The molecule has 0 radical (unpaired) electrons. The Balaban J connectivity index is 2.07. The summed E-state index contributed by atoms with van der Waals surface area (Å²) < 4.78 is 0. The van der Waals surface area contributed by atoms with Gasteiger partial charge in [-0.05, 0) is 51.2 Å². The number of anilines is 2. The van der Waals surface area contributed by atoms with Crippen molar-refractivity contribution in [2.45, 2.75) is 13.8 Å². The highest BCUT2D eigenvalue weighted by Crippen LogP contribution is 2.19. The zero-order valence-electron chi connectivity index (χ0n) is 14.1. The Hall–Kier alpha value is -2.47. The molecule has 6 heteroatoms. The van der Waals surface area contributed by atoms with Crippen LogP contribution in [0.5, 0.6) is 0 Å². The van der Waals surface area contributed by atoms with Crippen molar-refractivity contribution in [1.82, 2.24) is 20.2 Å². The van der Waals surface area contributed by atoms with Crippen LogP contribution >= 0.6 is 0 Å². The summed E-state index contributed by atoms with van der Waals surface area (Å²) >= 11 is 0. The van der Waals surface area contributed by atoms with Crippen molar-refractivity contribution in [1.29, 1.82) is 0 Å². The van der Waals surface area contributed by atoms with Crippen LogP contribution in [0, 0.1) is 13.8 Å². The monoisotopic (exact) mass is 313 g/mol. The third-order valence-corrected chi connectivity index (χ3v) is 3.37. The molecule has 23 heavy (non-hydrogen) atoms. The summed E-state index contributed by atoms with van der Waals surface area (Å²) in [6.07, 6.45) is 1.58. The molecule has 0 bridgehead atoms. The summed E-state index contributed by atoms with van der Waals surface area (Å²) in [4.78, 5) is 22.6. The molecular weight excluding hydrogens is 290 g/mol. The maximum absolute atomic E-state index is 12.1. The van der Waals surface area contributed by atoms with Gasteiger partial charge in [-0.2, -0.15) is 0 Å². The van der Waals surface area contributed by atoms with E-state index >= 15 is 0 Å². The highest BCUT2D eigenvalue weighted by molar-refractivity contribution is 5.92. The average molecular weight is 313 g/mol. The Bertz CT molecular complexity index is 684. The van der Waals surface area contributed by atoms with E-state index in [4.69, 9.17) is 0 Å². The van der Waals surface area contributed by atoms with Crippen LogP contribution in [0.3, 0.4) is 0 Å². The fraction of sp³-hybridized carbons (Fsp3) is 0.353. The standard InChI is InChI=1S/C17H23N5O/c1-12-5-6-13(2)15(11-12)21-17-19-8-7-14(20-17)16(23)18-9-10-22(3)4/h5-8,11H,9-10H2,1-4H3,(H,18,23)(H,19,20,21). The van der Waals surface area contributed by atoms with Crippen LogP contribution < -0.4 is 10.6 Å². The molecule has 0 aliphatic heterocycles. The first-order valence-corrected chi connectivity index (χ1v) is 7.56. The molecule has 0 aliphatic rings. The number of carbonyl (C=O) groups is 1. The predicted molar refractivity (Wildman–Crippen MR) is 92.1 cm³/mol. The topological polar surface area (TPSA) is 70.2 Å². The van der Waals surface area contributed by atoms with Crippen LogP contribution in [-0.4, -0.2) is 48.0 Å². The summed E-state index contributed by atoms with van der Waals surface area (Å²) in [5, 5.41) is 6.02. The van der Waals surface area contributed by atoms with E-state index in [2.05, 4.69) is 26.7 Å². The molecule has 2 N–H and O–H groups in total. The van der Waals surface area contributed by atoms with Gasteiger partial charge in [0.25, 0.3) is 5.91 Å². The molecule has 1 aromatic carbocycles. The summed E-state index contributed by atoms with van der Waals surface area (Å²) in [7, 11) is 3.92. The summed E-state index contributed by atoms with van der Waals surface area (Å²) in [6, 6.07) is 7.73. The Morgan fingerprint density at radius 1 is 1.22 bits per heavy atom. The Labute approximate surface area is 137 Å².